The van der Waals surface area contributed by atoms with E-state index in [0.717, 1.165) is 11.1 Å². The molecule has 2 amide bonds. The van der Waals surface area contributed by atoms with Crippen LogP contribution in [0.5, 0.6) is 5.75 Å². The molecule has 0 aliphatic carbocycles. The van der Waals surface area contributed by atoms with Gasteiger partial charge in [0.25, 0.3) is 5.91 Å². The highest BCUT2D eigenvalue weighted by atomic mass is 35.5. The van der Waals surface area contributed by atoms with Crippen molar-refractivity contribution in [3.8, 4) is 5.75 Å². The Bertz CT molecular complexity index is 1190. The number of rotatable bonds is 6. The van der Waals surface area contributed by atoms with Crippen molar-refractivity contribution >= 4 is 40.1 Å². The van der Waals surface area contributed by atoms with Gasteiger partial charge in [-0.1, -0.05) is 17.7 Å². The molecular formula is C23H22ClN3O5. The number of nitrogens with zero attached hydrogens (tertiary/aromatic N) is 2. The molecule has 9 heteroatoms. The van der Waals surface area contributed by atoms with Gasteiger partial charge in [0.2, 0.25) is 5.91 Å². The summed E-state index contributed by atoms with van der Waals surface area (Å²) in [5.41, 5.74) is 0.949. The molecule has 3 aromatic rings. The van der Waals surface area contributed by atoms with E-state index in [1.165, 1.54) is 6.07 Å². The molecule has 0 saturated carbocycles. The van der Waals surface area contributed by atoms with Crippen LogP contribution in [0.4, 0.5) is 5.69 Å². The van der Waals surface area contributed by atoms with Gasteiger partial charge in [-0.2, -0.15) is 0 Å². The first-order valence-corrected chi connectivity index (χ1v) is 10.6. The van der Waals surface area contributed by atoms with Crippen LogP contribution in [0, 0.1) is 0 Å². The molecule has 32 heavy (non-hydrogen) atoms. The smallest absolute Gasteiger partial charge is 0.336 e. The van der Waals surface area contributed by atoms with Gasteiger partial charge in [0.1, 0.15) is 11.3 Å². The van der Waals surface area contributed by atoms with Crippen molar-refractivity contribution in [2.24, 2.45) is 0 Å². The van der Waals surface area contributed by atoms with Gasteiger partial charge in [-0.3, -0.25) is 9.59 Å². The Morgan fingerprint density at radius 3 is 2.59 bits per heavy atom. The third kappa shape index (κ3) is 5.39. The van der Waals surface area contributed by atoms with E-state index in [9.17, 15) is 14.4 Å². The third-order valence-electron chi connectivity index (χ3n) is 5.21. The van der Waals surface area contributed by atoms with Crippen molar-refractivity contribution in [2.75, 3.05) is 44.2 Å². The lowest BCUT2D eigenvalue weighted by atomic mass is 10.2. The predicted molar refractivity (Wildman–Crippen MR) is 121 cm³/mol. The number of piperazine rings is 1. The van der Waals surface area contributed by atoms with E-state index in [4.69, 9.17) is 20.8 Å². The average molecular weight is 456 g/mol. The normalized spacial score (nSPS) is 13.8. The SMILES string of the molecule is O=C(COc1ccc2ccc(=O)oc2c1)NCC(=O)N1CCN(c2cccc(Cl)c2)CC1. The Hall–Kier alpha value is -3.52. The van der Waals surface area contributed by atoms with Crippen LogP contribution in [-0.2, 0) is 9.59 Å². The summed E-state index contributed by atoms with van der Waals surface area (Å²) in [6.07, 6.45) is 0. The number of hydrogen-bond acceptors (Lipinski definition) is 6. The zero-order valence-corrected chi connectivity index (χ0v) is 18.0. The number of ether oxygens (including phenoxy) is 1. The number of nitrogens with one attached hydrogen (secondary N) is 1. The van der Waals surface area contributed by atoms with Crippen molar-refractivity contribution in [1.82, 2.24) is 10.2 Å². The highest BCUT2D eigenvalue weighted by molar-refractivity contribution is 6.30. The van der Waals surface area contributed by atoms with Gasteiger partial charge in [0.15, 0.2) is 6.61 Å². The number of halogens is 1. The van der Waals surface area contributed by atoms with Crippen LogP contribution < -0.4 is 20.6 Å². The van der Waals surface area contributed by atoms with E-state index in [-0.39, 0.29) is 19.1 Å². The lowest BCUT2D eigenvalue weighted by Gasteiger charge is -2.36. The molecule has 0 bridgehead atoms. The number of benzene rings is 2. The minimum absolute atomic E-state index is 0.0913. The van der Waals surface area contributed by atoms with Crippen molar-refractivity contribution in [3.05, 3.63) is 70.0 Å². The Balaban J connectivity index is 1.21. The summed E-state index contributed by atoms with van der Waals surface area (Å²) < 4.78 is 10.6. The van der Waals surface area contributed by atoms with E-state index in [2.05, 4.69) is 10.2 Å². The summed E-state index contributed by atoms with van der Waals surface area (Å²) in [5, 5.41) is 4.02. The fraction of sp³-hybridized carbons (Fsp3) is 0.261. The maximum Gasteiger partial charge on any atom is 0.336 e. The highest BCUT2D eigenvalue weighted by Gasteiger charge is 2.21. The van der Waals surface area contributed by atoms with Crippen LogP contribution in [0.2, 0.25) is 5.02 Å². The molecule has 2 aromatic carbocycles. The molecule has 1 aliphatic heterocycles. The van der Waals surface area contributed by atoms with E-state index in [0.29, 0.717) is 42.5 Å². The first-order valence-electron chi connectivity index (χ1n) is 10.2. The summed E-state index contributed by atoms with van der Waals surface area (Å²) in [5.74, 6) is -0.160. The molecule has 0 unspecified atom stereocenters. The Morgan fingerprint density at radius 1 is 1.03 bits per heavy atom. The van der Waals surface area contributed by atoms with Gasteiger partial charge in [0.05, 0.1) is 6.54 Å². The minimum Gasteiger partial charge on any atom is -0.484 e. The molecule has 1 saturated heterocycles. The Kier molecular flexibility index (Phi) is 6.61. The monoisotopic (exact) mass is 455 g/mol. The van der Waals surface area contributed by atoms with Crippen LogP contribution in [0.25, 0.3) is 11.0 Å². The van der Waals surface area contributed by atoms with Gasteiger partial charge in [-0.25, -0.2) is 4.79 Å². The second-order valence-corrected chi connectivity index (χ2v) is 7.80. The van der Waals surface area contributed by atoms with Crippen molar-refractivity contribution < 1.29 is 18.7 Å². The molecule has 0 radical (unpaired) electrons. The molecule has 1 aromatic heterocycles. The van der Waals surface area contributed by atoms with Crippen LogP contribution in [0.15, 0.2) is 63.8 Å². The van der Waals surface area contributed by atoms with E-state index < -0.39 is 11.5 Å². The quantitative estimate of drug-likeness (QED) is 0.573. The fourth-order valence-electron chi connectivity index (χ4n) is 3.50. The van der Waals surface area contributed by atoms with E-state index in [1.54, 1.807) is 29.2 Å². The van der Waals surface area contributed by atoms with Gasteiger partial charge in [-0.05, 0) is 36.4 Å². The summed E-state index contributed by atoms with van der Waals surface area (Å²) >= 11 is 6.05. The van der Waals surface area contributed by atoms with Gasteiger partial charge < -0.3 is 24.3 Å². The zero-order valence-electron chi connectivity index (χ0n) is 17.3. The summed E-state index contributed by atoms with van der Waals surface area (Å²) in [7, 11) is 0. The summed E-state index contributed by atoms with van der Waals surface area (Å²) in [4.78, 5) is 39.8. The van der Waals surface area contributed by atoms with Crippen LogP contribution in [0.3, 0.4) is 0 Å². The Morgan fingerprint density at radius 2 is 1.81 bits per heavy atom. The molecular weight excluding hydrogens is 434 g/mol. The number of amides is 2. The van der Waals surface area contributed by atoms with Crippen LogP contribution in [0.1, 0.15) is 0 Å². The largest absolute Gasteiger partial charge is 0.484 e. The second-order valence-electron chi connectivity index (χ2n) is 7.37. The van der Waals surface area contributed by atoms with Gasteiger partial charge >= 0.3 is 5.63 Å². The number of carbonyl (C=O) groups is 2. The Labute approximate surface area is 189 Å². The van der Waals surface area contributed by atoms with Crippen molar-refractivity contribution in [3.63, 3.8) is 0 Å². The molecule has 0 spiro atoms. The summed E-state index contributed by atoms with van der Waals surface area (Å²) in [6.45, 7) is 2.19. The van der Waals surface area contributed by atoms with Crippen molar-refractivity contribution in [1.29, 1.82) is 0 Å². The van der Waals surface area contributed by atoms with E-state index in [1.807, 2.05) is 24.3 Å². The number of hydrogen-bond donors (Lipinski definition) is 1. The van der Waals surface area contributed by atoms with Gasteiger partial charge in [-0.15, -0.1) is 0 Å². The maximum atomic E-state index is 12.4. The molecule has 1 fully saturated rings. The van der Waals surface area contributed by atoms with Crippen LogP contribution >= 0.6 is 11.6 Å². The second kappa shape index (κ2) is 9.74. The first kappa shape index (κ1) is 21.7. The number of fused-ring (bicyclic) bond motifs is 1. The predicted octanol–water partition coefficient (Wildman–Crippen LogP) is 2.29. The van der Waals surface area contributed by atoms with E-state index >= 15 is 0 Å². The molecule has 166 valence electrons. The topological polar surface area (TPSA) is 92.1 Å². The lowest BCUT2D eigenvalue weighted by molar-refractivity contribution is -0.133. The zero-order chi connectivity index (χ0) is 22.5. The lowest BCUT2D eigenvalue weighted by Crippen LogP contribution is -2.51. The minimum atomic E-state index is -0.459. The summed E-state index contributed by atoms with van der Waals surface area (Å²) in [6, 6.07) is 15.6. The fourth-order valence-corrected chi connectivity index (χ4v) is 3.69. The standard InChI is InChI=1S/C23H22ClN3O5/c24-17-2-1-3-18(12-17)26-8-10-27(11-9-26)22(29)14-25-21(28)15-31-19-6-4-16-5-7-23(30)32-20(16)13-19/h1-7,12-13H,8-11,14-15H2,(H,25,28). The number of carbonyl (C=O) groups excluding carboxylic acids is 2. The van der Waals surface area contributed by atoms with Crippen molar-refractivity contribution in [2.45, 2.75) is 0 Å². The third-order valence-corrected chi connectivity index (χ3v) is 5.44. The highest BCUT2D eigenvalue weighted by Crippen LogP contribution is 2.21. The number of anilines is 1. The molecule has 8 nitrogen and oxygen atoms in total. The molecule has 1 aliphatic rings. The van der Waals surface area contributed by atoms with Crippen LogP contribution in [-0.4, -0.2) is 56.0 Å². The average Bonchev–Trinajstić information content (AvgIpc) is 2.81. The van der Waals surface area contributed by atoms with Gasteiger partial charge in [0, 0.05) is 54.4 Å². The molecule has 0 atom stereocenters. The first-order chi connectivity index (χ1) is 15.5. The maximum absolute atomic E-state index is 12.4. The molecule has 2 heterocycles. The molecule has 4 rings (SSSR count). The molecule has 1 N–H and O–H groups in total.